The number of rotatable bonds is 7. The van der Waals surface area contributed by atoms with Crippen molar-refractivity contribution < 1.29 is 30.6 Å². The highest BCUT2D eigenvalue weighted by Crippen LogP contribution is 2.57. The average Bonchev–Trinajstić information content (AvgIpc) is 1.61. The lowest BCUT2D eigenvalue weighted by atomic mass is 9.92. The van der Waals surface area contributed by atoms with Crippen LogP contribution in [0.3, 0.4) is 0 Å². The summed E-state index contributed by atoms with van der Waals surface area (Å²) in [6.45, 7) is 48.7. The van der Waals surface area contributed by atoms with E-state index in [1.807, 2.05) is 103 Å². The van der Waals surface area contributed by atoms with Gasteiger partial charge in [0.05, 0.1) is 11.6 Å². The first-order valence-corrected chi connectivity index (χ1v) is 49.0. The molecule has 682 valence electrons. The summed E-state index contributed by atoms with van der Waals surface area (Å²) in [5.41, 5.74) is 26.0. The van der Waals surface area contributed by atoms with Gasteiger partial charge in [-0.2, -0.15) is 5.26 Å². The van der Waals surface area contributed by atoms with Gasteiger partial charge in [-0.05, 0) is 217 Å². The van der Waals surface area contributed by atoms with Crippen LogP contribution in [0.1, 0.15) is 210 Å². The molecule has 6 aliphatic rings. The van der Waals surface area contributed by atoms with Crippen molar-refractivity contribution in [3.8, 4) is 40.6 Å². The first-order chi connectivity index (χ1) is 60.6. The molecule has 0 spiro atoms. The van der Waals surface area contributed by atoms with Crippen molar-refractivity contribution in [2.45, 2.75) is 207 Å². The number of nitrogens with zero attached hydrogens (tertiary/aromatic N) is 10. The van der Waals surface area contributed by atoms with Gasteiger partial charge >= 0.3 is 0 Å². The van der Waals surface area contributed by atoms with Crippen molar-refractivity contribution in [1.82, 2.24) is 0 Å². The lowest BCUT2D eigenvalue weighted by Gasteiger charge is -2.35. The van der Waals surface area contributed by atoms with Crippen LogP contribution in [-0.4, -0.2) is 138 Å². The SMILES string of the molecule is CC(C)(C)N1C[C@@H](CCl)c2c1cc(O)c1cccc(Br)c21.CC(C)(C)N1C[C@@H](CCl)c2c1cc(O)c1cccc(C#N)c21.CC(C)(C)N1C[C@@H](CCl)c2c1cc(O)c1cccc(Cl)c21.CC(C)(C)N1C[C@@H](CCl)c2c1cc(O)c1cccc(N=[N+]=[N-])c21.Cc1cccc2c(O)cc3c(c12)[C@H](CBr)CN3C(C)(C)C.Cc1cccc2c(O)cc3c(c12)[C@H](CCl)CN3C(C)(C)C. The normalized spacial score (nSPS) is 18.0. The molecule has 129 heavy (non-hydrogen) atoms. The fourth-order valence-corrected chi connectivity index (χ4v) is 22.8. The third-order valence-electron chi connectivity index (χ3n) is 26.1. The van der Waals surface area contributed by atoms with Crippen molar-refractivity contribution in [3.05, 3.63) is 216 Å². The Labute approximate surface area is 807 Å². The van der Waals surface area contributed by atoms with Crippen LogP contribution >= 0.6 is 101 Å². The highest BCUT2D eigenvalue weighted by Gasteiger charge is 2.44. The summed E-state index contributed by atoms with van der Waals surface area (Å²) in [4.78, 5) is 16.9. The van der Waals surface area contributed by atoms with Crippen LogP contribution in [0.15, 0.2) is 155 Å². The number of hydrogen-bond donors (Lipinski definition) is 6. The minimum atomic E-state index is -0.0941. The highest BCUT2D eigenvalue weighted by molar-refractivity contribution is 9.10. The van der Waals surface area contributed by atoms with Crippen LogP contribution in [0, 0.1) is 25.2 Å². The molecule has 0 unspecified atom stereocenters. The average molecular weight is 1990 g/mol. The Kier molecular flexibility index (Phi) is 28.6. The predicted molar refractivity (Wildman–Crippen MR) is 556 cm³/mol. The molecule has 16 nitrogen and oxygen atoms in total. The maximum absolute atomic E-state index is 10.5. The molecule has 0 amide bonds. The molecular weight excluding hydrogens is 1870 g/mol. The van der Waals surface area contributed by atoms with Crippen LogP contribution in [0.5, 0.6) is 34.5 Å². The van der Waals surface area contributed by atoms with Crippen LogP contribution in [0.4, 0.5) is 39.8 Å². The Balaban J connectivity index is 0.000000132. The maximum Gasteiger partial charge on any atom is 0.125 e. The Morgan fingerprint density at radius 3 is 0.930 bits per heavy atom. The number of anilines is 6. The van der Waals surface area contributed by atoms with Crippen LogP contribution in [0.2, 0.25) is 5.02 Å². The van der Waals surface area contributed by atoms with Crippen molar-refractivity contribution in [2.24, 2.45) is 5.11 Å². The molecule has 12 aromatic carbocycles. The first kappa shape index (κ1) is 97.8. The number of azide groups is 1. The molecule has 0 aromatic heterocycles. The van der Waals surface area contributed by atoms with E-state index < -0.39 is 0 Å². The lowest BCUT2D eigenvalue weighted by Crippen LogP contribution is -2.40. The van der Waals surface area contributed by atoms with Crippen molar-refractivity contribution in [2.75, 3.05) is 103 Å². The predicted octanol–water partition coefficient (Wildman–Crippen LogP) is 29.9. The fourth-order valence-electron chi connectivity index (χ4n) is 20.1. The number of phenols is 6. The molecule has 0 bridgehead atoms. The maximum atomic E-state index is 10.5. The van der Waals surface area contributed by atoms with Crippen molar-refractivity contribution in [1.29, 1.82) is 5.26 Å². The number of phenolic OH excluding ortho intramolecular Hbond substituents is 6. The third-order valence-corrected chi connectivity index (χ3v) is 29.7. The van der Waals surface area contributed by atoms with Gasteiger partial charge in [0.1, 0.15) is 34.5 Å². The Bertz CT molecular complexity index is 5920. The van der Waals surface area contributed by atoms with Gasteiger partial charge < -0.3 is 60.0 Å². The Morgan fingerprint density at radius 2 is 0.612 bits per heavy atom. The number of aromatic hydroxyl groups is 6. The quantitative estimate of drug-likeness (QED) is 0.0380. The molecule has 0 radical (unpaired) electrons. The van der Waals surface area contributed by atoms with Gasteiger partial charge in [0.15, 0.2) is 0 Å². The highest BCUT2D eigenvalue weighted by atomic mass is 79.9. The van der Waals surface area contributed by atoms with Gasteiger partial charge in [-0.3, -0.25) is 0 Å². The van der Waals surface area contributed by atoms with Gasteiger partial charge in [0, 0.05) is 287 Å². The Hall–Kier alpha value is -8.70. The van der Waals surface area contributed by atoms with E-state index in [0.29, 0.717) is 80.1 Å². The molecule has 6 N–H and O–H groups in total. The molecule has 18 rings (SSSR count). The molecule has 0 saturated heterocycles. The van der Waals surface area contributed by atoms with Crippen LogP contribution in [-0.2, 0) is 0 Å². The molecular formula is C105H120Br2Cl6N10O6. The molecule has 6 aliphatic heterocycles. The van der Waals surface area contributed by atoms with E-state index in [1.54, 1.807) is 30.3 Å². The summed E-state index contributed by atoms with van der Waals surface area (Å²) < 4.78 is 1.01. The second kappa shape index (κ2) is 37.8. The minimum absolute atomic E-state index is 0.00304. The Morgan fingerprint density at radius 1 is 0.364 bits per heavy atom. The molecule has 0 saturated carbocycles. The number of alkyl halides is 6. The van der Waals surface area contributed by atoms with Gasteiger partial charge in [0.25, 0.3) is 0 Å². The lowest BCUT2D eigenvalue weighted by molar-refractivity contribution is 0.478. The fraction of sp³-hybridized carbons (Fsp3) is 0.419. The van der Waals surface area contributed by atoms with Crippen molar-refractivity contribution in [3.63, 3.8) is 0 Å². The van der Waals surface area contributed by atoms with Gasteiger partial charge in [0.2, 0.25) is 0 Å². The van der Waals surface area contributed by atoms with E-state index in [9.17, 15) is 35.9 Å². The van der Waals surface area contributed by atoms with Crippen molar-refractivity contribution >= 4 is 206 Å². The largest absolute Gasteiger partial charge is 0.507 e. The molecule has 0 aliphatic carbocycles. The van der Waals surface area contributed by atoms with E-state index in [-0.39, 0.29) is 74.2 Å². The van der Waals surface area contributed by atoms with Gasteiger partial charge in [-0.15, -0.1) is 58.0 Å². The van der Waals surface area contributed by atoms with E-state index in [4.69, 9.17) is 75.1 Å². The van der Waals surface area contributed by atoms with E-state index >= 15 is 0 Å². The number of nitriles is 1. The van der Waals surface area contributed by atoms with E-state index in [0.717, 1.165) is 137 Å². The standard InChI is InChI=1S/C18H22BrNO.C18H19ClN2O.C18H22ClNO.C17H19BrClNO.C17H19Cl2NO.C17H19ClN4O/c1-11-6-5-7-13-15(21)8-14-17(16(11)13)12(9-19)10-20(14)18(2,3)4;1-18(2,3)21-10-12(8-19)17-14(21)7-15(22)13-6-4-5-11(9-20)16(13)17;1-11-6-5-7-13-15(21)8-14-17(16(11)13)12(9-19)10-20(14)18(2,3)4;1-17(2,3)20-9-10(8-19)15-13(20)7-14(21)11-5-4-6-12(18)16(11)15;1-17(2,3)20-9-10(8-18)15-13(20)7-14(21)11-5-4-6-12(19)16(11)15;1-17(2,3)22-9-10(8-18)15-13(22)7-14(23)11-5-4-6-12(16(11)15)20-21-19/h5-8,12,21H,9-10H2,1-4H3;4-7,12,22H,8,10H2,1-3H3;5-8,12,21H,9-10H2,1-4H3;2*4-7,10,21H,8-9H2,1-3H3;4-7,10,23H,8-9H2,1-3H3/t3*12-;3*10-/m111111/s1. The summed E-state index contributed by atoms with van der Waals surface area (Å²) in [5, 5.41) is 88.6. The zero-order chi connectivity index (χ0) is 94.3. The van der Waals surface area contributed by atoms with Gasteiger partial charge in [-0.25, -0.2) is 0 Å². The number of benzene rings is 12. The second-order valence-electron chi connectivity index (χ2n) is 40.8. The van der Waals surface area contributed by atoms with Crippen LogP contribution < -0.4 is 29.4 Å². The minimum Gasteiger partial charge on any atom is -0.507 e. The monoisotopic (exact) mass is 1980 g/mol. The van der Waals surface area contributed by atoms with E-state index in [1.165, 1.54) is 49.8 Å². The summed E-state index contributed by atoms with van der Waals surface area (Å²) in [6, 6.07) is 48.2. The summed E-state index contributed by atoms with van der Waals surface area (Å²) in [7, 11) is 0. The smallest absolute Gasteiger partial charge is 0.125 e. The van der Waals surface area contributed by atoms with Crippen LogP contribution in [0.25, 0.3) is 75.1 Å². The summed E-state index contributed by atoms with van der Waals surface area (Å²) in [6.07, 6.45) is 0. The molecule has 6 heterocycles. The zero-order valence-corrected chi connectivity index (χ0v) is 85.2. The number of aryl methyl sites for hydroxylation is 2. The van der Waals surface area contributed by atoms with E-state index in [2.05, 4.69) is 228 Å². The summed E-state index contributed by atoms with van der Waals surface area (Å²) >= 11 is 44.9. The first-order valence-electron chi connectivity index (χ1n) is 44.1. The van der Waals surface area contributed by atoms with Gasteiger partial charge in [-0.1, -0.05) is 140 Å². The summed E-state index contributed by atoms with van der Waals surface area (Å²) in [5.74, 6) is 6.04. The third kappa shape index (κ3) is 18.7. The molecule has 24 heteroatoms. The zero-order valence-electron chi connectivity index (χ0n) is 77.5. The molecule has 12 aromatic rings. The molecule has 6 atom stereocenters. The molecule has 0 fully saturated rings. The number of halogens is 8. The topological polar surface area (TPSA) is 213 Å². The number of fused-ring (bicyclic) bond motifs is 18. The second-order valence-corrected chi connectivity index (χ2v) is 44.3. The number of hydrogen-bond acceptors (Lipinski definition) is 14.